The lowest BCUT2D eigenvalue weighted by atomic mass is 9.71. The molecule has 8 heteroatoms. The Morgan fingerprint density at radius 1 is 1.26 bits per heavy atom. The van der Waals surface area contributed by atoms with Gasteiger partial charge >= 0.3 is 5.97 Å². The van der Waals surface area contributed by atoms with Crippen LogP contribution < -0.4 is 5.32 Å². The maximum atomic E-state index is 13.9. The summed E-state index contributed by atoms with van der Waals surface area (Å²) in [6.45, 7) is 4.27. The van der Waals surface area contributed by atoms with Gasteiger partial charge in [-0.1, -0.05) is 50.1 Å². The molecule has 0 aliphatic carbocycles. The van der Waals surface area contributed by atoms with Crippen LogP contribution in [0.15, 0.2) is 30.3 Å². The van der Waals surface area contributed by atoms with Crippen LogP contribution in [-0.4, -0.2) is 71.3 Å². The molecule has 3 aliphatic rings. The molecule has 0 unspecified atom stereocenters. The Labute approximate surface area is 201 Å². The number of nitrogens with zero attached hydrogens (tertiary/aromatic N) is 1. The number of nitrogens with one attached hydrogen (secondary N) is 1. The van der Waals surface area contributed by atoms with Gasteiger partial charge in [-0.15, -0.1) is 0 Å². The Kier molecular flexibility index (Phi) is 7.57. The van der Waals surface area contributed by atoms with Crippen molar-refractivity contribution in [1.82, 2.24) is 10.2 Å². The van der Waals surface area contributed by atoms with Crippen LogP contribution in [0.1, 0.15) is 51.5 Å². The number of unbranched alkanes of at least 4 members (excludes halogenated alkanes) is 2. The van der Waals surface area contributed by atoms with Crippen molar-refractivity contribution < 1.29 is 29.0 Å². The monoisotopic (exact) mass is 472 g/mol. The SMILES string of the molecule is CCCCCNC(=O)[C@@H]1N([C@@H](CO)Cc2ccccc2)C(=O)[C@H]2[C@H](C(=O)OCC)[C@@H]3CC[C@]12O3. The molecule has 3 fully saturated rings. The van der Waals surface area contributed by atoms with Crippen LogP contribution in [0, 0.1) is 11.8 Å². The Morgan fingerprint density at radius 2 is 2.03 bits per heavy atom. The Balaban J connectivity index is 1.67. The average molecular weight is 473 g/mol. The van der Waals surface area contributed by atoms with Gasteiger partial charge in [-0.2, -0.15) is 0 Å². The number of benzene rings is 1. The van der Waals surface area contributed by atoms with E-state index in [4.69, 9.17) is 9.47 Å². The van der Waals surface area contributed by atoms with Gasteiger partial charge in [0, 0.05) is 6.54 Å². The molecule has 186 valence electrons. The summed E-state index contributed by atoms with van der Waals surface area (Å²) in [5, 5.41) is 13.3. The Hall–Kier alpha value is -2.45. The number of likely N-dealkylation sites (tertiary alicyclic amines) is 1. The lowest BCUT2D eigenvalue weighted by molar-refractivity contribution is -0.155. The number of rotatable bonds is 11. The molecule has 4 rings (SSSR count). The molecule has 2 N–H and O–H groups in total. The molecule has 0 aromatic heterocycles. The minimum Gasteiger partial charge on any atom is -0.466 e. The third-order valence-electron chi connectivity index (χ3n) is 7.54. The quantitative estimate of drug-likeness (QED) is 0.376. The predicted octanol–water partition coefficient (Wildman–Crippen LogP) is 1.83. The number of fused-ring (bicyclic) bond motifs is 1. The number of ether oxygens (including phenoxy) is 2. The fourth-order valence-electron chi connectivity index (χ4n) is 6.11. The van der Waals surface area contributed by atoms with Gasteiger partial charge in [-0.3, -0.25) is 14.4 Å². The van der Waals surface area contributed by atoms with E-state index >= 15 is 0 Å². The molecule has 1 aromatic rings. The van der Waals surface area contributed by atoms with E-state index in [0.29, 0.717) is 25.8 Å². The molecule has 0 saturated carbocycles. The number of hydrogen-bond donors (Lipinski definition) is 2. The zero-order valence-electron chi connectivity index (χ0n) is 20.1. The predicted molar refractivity (Wildman–Crippen MR) is 125 cm³/mol. The number of aliphatic hydroxyl groups excluding tert-OH is 1. The molecule has 8 nitrogen and oxygen atoms in total. The van der Waals surface area contributed by atoms with E-state index in [1.54, 1.807) is 6.92 Å². The van der Waals surface area contributed by atoms with E-state index < -0.39 is 41.6 Å². The van der Waals surface area contributed by atoms with Crippen molar-refractivity contribution in [2.45, 2.75) is 76.2 Å². The summed E-state index contributed by atoms with van der Waals surface area (Å²) in [4.78, 5) is 41.9. The molecule has 1 spiro atoms. The lowest BCUT2D eigenvalue weighted by Gasteiger charge is -2.36. The number of aliphatic hydroxyl groups is 1. The van der Waals surface area contributed by atoms with E-state index in [2.05, 4.69) is 12.2 Å². The second-order valence-corrected chi connectivity index (χ2v) is 9.58. The maximum absolute atomic E-state index is 13.9. The number of esters is 1. The van der Waals surface area contributed by atoms with Crippen LogP contribution in [-0.2, 0) is 30.3 Å². The molecule has 0 radical (unpaired) electrons. The zero-order valence-corrected chi connectivity index (χ0v) is 20.1. The number of carbonyl (C=O) groups excluding carboxylic acids is 3. The molecule has 2 bridgehead atoms. The van der Waals surface area contributed by atoms with E-state index in [1.807, 2.05) is 30.3 Å². The summed E-state index contributed by atoms with van der Waals surface area (Å²) in [5.41, 5.74) is -0.115. The van der Waals surface area contributed by atoms with Gasteiger partial charge in [0.25, 0.3) is 0 Å². The highest BCUT2D eigenvalue weighted by atomic mass is 16.6. The topological polar surface area (TPSA) is 105 Å². The first kappa shape index (κ1) is 24.7. The van der Waals surface area contributed by atoms with Crippen molar-refractivity contribution in [2.75, 3.05) is 19.8 Å². The zero-order chi connectivity index (χ0) is 24.3. The van der Waals surface area contributed by atoms with Crippen molar-refractivity contribution in [3.63, 3.8) is 0 Å². The molecule has 2 amide bonds. The first-order valence-electron chi connectivity index (χ1n) is 12.6. The van der Waals surface area contributed by atoms with Crippen molar-refractivity contribution in [3.05, 3.63) is 35.9 Å². The van der Waals surface area contributed by atoms with Crippen molar-refractivity contribution in [2.24, 2.45) is 11.8 Å². The largest absolute Gasteiger partial charge is 0.466 e. The number of hydrogen-bond acceptors (Lipinski definition) is 6. The minimum absolute atomic E-state index is 0.217. The molecule has 3 saturated heterocycles. The van der Waals surface area contributed by atoms with Gasteiger partial charge in [0.15, 0.2) is 0 Å². The summed E-state index contributed by atoms with van der Waals surface area (Å²) in [6.07, 6.45) is 3.98. The first-order valence-corrected chi connectivity index (χ1v) is 12.6. The van der Waals surface area contributed by atoms with Crippen LogP contribution in [0.4, 0.5) is 0 Å². The van der Waals surface area contributed by atoms with Gasteiger partial charge in [-0.05, 0) is 38.2 Å². The molecule has 3 aliphatic heterocycles. The second-order valence-electron chi connectivity index (χ2n) is 9.58. The molecule has 3 heterocycles. The van der Waals surface area contributed by atoms with Crippen LogP contribution in [0.25, 0.3) is 0 Å². The standard InChI is InChI=1S/C26H36N2O6/c1-3-5-9-14-27-23(30)22-26-13-12-19(34-26)20(25(32)33-4-2)21(26)24(31)28(22)18(16-29)15-17-10-7-6-8-11-17/h6-8,10-11,18-22,29H,3-5,9,12-16H2,1-2H3,(H,27,30)/t18-,19+,20-,21-,22+,26-/m1/s1. The first-order chi connectivity index (χ1) is 16.5. The van der Waals surface area contributed by atoms with Gasteiger partial charge < -0.3 is 24.8 Å². The van der Waals surface area contributed by atoms with Crippen LogP contribution in [0.3, 0.4) is 0 Å². The van der Waals surface area contributed by atoms with Gasteiger partial charge in [-0.25, -0.2) is 0 Å². The van der Waals surface area contributed by atoms with Gasteiger partial charge in [0.05, 0.1) is 37.2 Å². The van der Waals surface area contributed by atoms with Crippen molar-refractivity contribution in [1.29, 1.82) is 0 Å². The Morgan fingerprint density at radius 3 is 2.71 bits per heavy atom. The maximum Gasteiger partial charge on any atom is 0.312 e. The lowest BCUT2D eigenvalue weighted by Crippen LogP contribution is -2.58. The summed E-state index contributed by atoms with van der Waals surface area (Å²) in [7, 11) is 0. The summed E-state index contributed by atoms with van der Waals surface area (Å²) in [5.74, 6) is -2.52. The fraction of sp³-hybridized carbons (Fsp3) is 0.654. The van der Waals surface area contributed by atoms with Crippen LogP contribution in [0.5, 0.6) is 0 Å². The summed E-state index contributed by atoms with van der Waals surface area (Å²) in [6, 6.07) is 8.09. The van der Waals surface area contributed by atoms with Crippen molar-refractivity contribution in [3.8, 4) is 0 Å². The Bertz CT molecular complexity index is 893. The van der Waals surface area contributed by atoms with Crippen molar-refractivity contribution >= 4 is 17.8 Å². The average Bonchev–Trinajstić information content (AvgIpc) is 3.48. The molecule has 6 atom stereocenters. The molecule has 1 aromatic carbocycles. The van der Waals surface area contributed by atoms with E-state index in [9.17, 15) is 19.5 Å². The highest BCUT2D eigenvalue weighted by Crippen LogP contribution is 2.59. The number of carbonyl (C=O) groups is 3. The third-order valence-corrected chi connectivity index (χ3v) is 7.54. The van der Waals surface area contributed by atoms with Crippen LogP contribution in [0.2, 0.25) is 0 Å². The minimum atomic E-state index is -1.07. The second kappa shape index (κ2) is 10.4. The smallest absolute Gasteiger partial charge is 0.312 e. The van der Waals surface area contributed by atoms with E-state index in [0.717, 1.165) is 24.8 Å². The summed E-state index contributed by atoms with van der Waals surface area (Å²) < 4.78 is 11.7. The summed E-state index contributed by atoms with van der Waals surface area (Å²) >= 11 is 0. The van der Waals surface area contributed by atoms with Gasteiger partial charge in [0.1, 0.15) is 11.6 Å². The van der Waals surface area contributed by atoms with E-state index in [-0.39, 0.29) is 25.0 Å². The molecular weight excluding hydrogens is 436 g/mol. The third kappa shape index (κ3) is 4.22. The number of amides is 2. The van der Waals surface area contributed by atoms with E-state index in [1.165, 1.54) is 4.90 Å². The normalized spacial score (nSPS) is 30.3. The highest BCUT2D eigenvalue weighted by Gasteiger charge is 2.75. The fourth-order valence-corrected chi connectivity index (χ4v) is 6.11. The molecular formula is C26H36N2O6. The van der Waals surface area contributed by atoms with Gasteiger partial charge in [0.2, 0.25) is 11.8 Å². The highest BCUT2D eigenvalue weighted by molar-refractivity contribution is 5.98. The van der Waals surface area contributed by atoms with Crippen LogP contribution >= 0.6 is 0 Å². The molecule has 34 heavy (non-hydrogen) atoms.